The van der Waals surface area contributed by atoms with Crippen molar-refractivity contribution in [2.75, 3.05) is 6.61 Å². The van der Waals surface area contributed by atoms with Crippen LogP contribution < -0.4 is 0 Å². The zero-order chi connectivity index (χ0) is 13.5. The van der Waals surface area contributed by atoms with Crippen molar-refractivity contribution in [3.63, 3.8) is 0 Å². The first-order valence-corrected chi connectivity index (χ1v) is 6.85. The van der Waals surface area contributed by atoms with Crippen LogP contribution in [-0.2, 0) is 5.75 Å². The summed E-state index contributed by atoms with van der Waals surface area (Å²) < 4.78 is 13.5. The monoisotopic (exact) mass is 272 g/mol. The summed E-state index contributed by atoms with van der Waals surface area (Å²) in [5, 5.41) is 8.73. The molecule has 2 rings (SSSR count). The van der Waals surface area contributed by atoms with Gasteiger partial charge in [-0.3, -0.25) is 0 Å². The Hall–Kier alpha value is -1.76. The highest BCUT2D eigenvalue weighted by molar-refractivity contribution is 7.98. The van der Waals surface area contributed by atoms with Gasteiger partial charge >= 0.3 is 0 Å². The van der Waals surface area contributed by atoms with Gasteiger partial charge in [-0.25, -0.2) is 4.39 Å². The lowest BCUT2D eigenvalue weighted by atomic mass is 10.1. The van der Waals surface area contributed by atoms with Crippen LogP contribution >= 0.6 is 11.8 Å². The molecule has 2 aromatic carbocycles. The summed E-state index contributed by atoms with van der Waals surface area (Å²) in [5.41, 5.74) is 1.91. The highest BCUT2D eigenvalue weighted by Crippen LogP contribution is 2.26. The minimum Gasteiger partial charge on any atom is -0.384 e. The van der Waals surface area contributed by atoms with Crippen molar-refractivity contribution in [1.82, 2.24) is 0 Å². The van der Waals surface area contributed by atoms with Crippen molar-refractivity contribution in [1.29, 1.82) is 0 Å². The number of hydrogen-bond donors (Lipinski definition) is 1. The Morgan fingerprint density at radius 2 is 1.79 bits per heavy atom. The van der Waals surface area contributed by atoms with Gasteiger partial charge in [0.25, 0.3) is 0 Å². The molecule has 3 heteroatoms. The molecule has 1 nitrogen and oxygen atoms in total. The molecule has 0 radical (unpaired) electrons. The maximum absolute atomic E-state index is 13.5. The minimum absolute atomic E-state index is 0.158. The second-order valence-electron chi connectivity index (χ2n) is 3.84. The molecule has 0 saturated heterocycles. The van der Waals surface area contributed by atoms with E-state index in [0.717, 1.165) is 11.1 Å². The molecule has 1 N–H and O–H groups in total. The van der Waals surface area contributed by atoms with Crippen LogP contribution in [-0.4, -0.2) is 11.7 Å². The van der Waals surface area contributed by atoms with Crippen molar-refractivity contribution < 1.29 is 9.50 Å². The first-order chi connectivity index (χ1) is 9.31. The molecule has 0 fully saturated rings. The molecule has 0 bridgehead atoms. The molecular weight excluding hydrogens is 259 g/mol. The third-order valence-corrected chi connectivity index (χ3v) is 3.64. The predicted molar refractivity (Wildman–Crippen MR) is 76.4 cm³/mol. The van der Waals surface area contributed by atoms with Crippen LogP contribution in [0.1, 0.15) is 11.1 Å². The smallest absolute Gasteiger partial charge is 0.136 e. The Kier molecular flexibility index (Phi) is 5.02. The molecule has 0 unspecified atom stereocenters. The largest absolute Gasteiger partial charge is 0.384 e. The molecule has 0 atom stereocenters. The molecular formula is C16H13FOS. The fraction of sp³-hybridized carbons (Fsp3) is 0.125. The van der Waals surface area contributed by atoms with Crippen LogP contribution in [0.5, 0.6) is 0 Å². The molecule has 0 aliphatic carbocycles. The van der Waals surface area contributed by atoms with Gasteiger partial charge in [0.1, 0.15) is 12.4 Å². The van der Waals surface area contributed by atoms with Crippen molar-refractivity contribution in [3.05, 3.63) is 65.5 Å². The maximum atomic E-state index is 13.5. The first-order valence-electron chi connectivity index (χ1n) is 5.86. The third kappa shape index (κ3) is 3.85. The summed E-state index contributed by atoms with van der Waals surface area (Å²) in [6, 6.07) is 14.4. The van der Waals surface area contributed by atoms with Gasteiger partial charge in [-0.2, -0.15) is 0 Å². The number of aliphatic hydroxyl groups is 1. The molecule has 0 aromatic heterocycles. The fourth-order valence-corrected chi connectivity index (χ4v) is 2.56. The van der Waals surface area contributed by atoms with Crippen LogP contribution in [0.2, 0.25) is 0 Å². The summed E-state index contributed by atoms with van der Waals surface area (Å²) in [4.78, 5) is 0.632. The lowest BCUT2D eigenvalue weighted by Crippen LogP contribution is -1.88. The van der Waals surface area contributed by atoms with Gasteiger partial charge in [0.05, 0.1) is 0 Å². The molecule has 0 aliphatic rings. The van der Waals surface area contributed by atoms with E-state index in [1.807, 2.05) is 30.3 Å². The van der Waals surface area contributed by atoms with E-state index in [9.17, 15) is 4.39 Å². The van der Waals surface area contributed by atoms with E-state index in [-0.39, 0.29) is 12.4 Å². The average molecular weight is 272 g/mol. The third-order valence-electron chi connectivity index (χ3n) is 2.54. The molecule has 0 spiro atoms. The van der Waals surface area contributed by atoms with Crippen molar-refractivity contribution in [2.24, 2.45) is 0 Å². The number of benzene rings is 2. The predicted octanol–water partition coefficient (Wildman–Crippen LogP) is 3.46. The second kappa shape index (κ2) is 6.98. The molecule has 0 aliphatic heterocycles. The molecule has 0 saturated carbocycles. The van der Waals surface area contributed by atoms with Crippen LogP contribution in [0.15, 0.2) is 53.4 Å². The fourth-order valence-electron chi connectivity index (χ4n) is 1.62. The molecule has 0 amide bonds. The lowest BCUT2D eigenvalue weighted by Gasteiger charge is -2.05. The summed E-state index contributed by atoms with van der Waals surface area (Å²) in [7, 11) is 0. The van der Waals surface area contributed by atoms with Crippen molar-refractivity contribution in [3.8, 4) is 11.8 Å². The Balaban J connectivity index is 2.14. The molecule has 0 heterocycles. The van der Waals surface area contributed by atoms with Gasteiger partial charge in [0.2, 0.25) is 0 Å². The van der Waals surface area contributed by atoms with E-state index in [1.54, 1.807) is 12.1 Å². The summed E-state index contributed by atoms with van der Waals surface area (Å²) in [6.07, 6.45) is 0. The number of aliphatic hydroxyl groups excluding tert-OH is 1. The maximum Gasteiger partial charge on any atom is 0.136 e. The average Bonchev–Trinajstić information content (AvgIpc) is 2.45. The quantitative estimate of drug-likeness (QED) is 0.682. The Bertz CT molecular complexity index is 613. The van der Waals surface area contributed by atoms with Gasteiger partial charge in [-0.15, -0.1) is 11.8 Å². The van der Waals surface area contributed by atoms with E-state index in [4.69, 9.17) is 5.11 Å². The Morgan fingerprint density at radius 1 is 1.05 bits per heavy atom. The standard InChI is InChI=1S/C16H13FOS/c17-15-9-3-4-10-16(15)19-12-14-7-2-1-6-13(14)8-5-11-18/h1-4,6-7,9-10,18H,11-12H2. The number of halogens is 1. The van der Waals surface area contributed by atoms with E-state index in [0.29, 0.717) is 10.6 Å². The number of hydrogen-bond acceptors (Lipinski definition) is 2. The van der Waals surface area contributed by atoms with Crippen molar-refractivity contribution >= 4 is 11.8 Å². The summed E-state index contributed by atoms with van der Waals surface area (Å²) in [6.45, 7) is -0.158. The van der Waals surface area contributed by atoms with Crippen LogP contribution in [0.3, 0.4) is 0 Å². The molecule has 96 valence electrons. The summed E-state index contributed by atoms with van der Waals surface area (Å²) >= 11 is 1.44. The zero-order valence-corrected chi connectivity index (χ0v) is 11.1. The normalized spacial score (nSPS) is 9.79. The molecule has 19 heavy (non-hydrogen) atoms. The van der Waals surface area contributed by atoms with Crippen LogP contribution in [0.4, 0.5) is 4.39 Å². The van der Waals surface area contributed by atoms with E-state index < -0.39 is 0 Å². The lowest BCUT2D eigenvalue weighted by molar-refractivity contribution is 0.350. The van der Waals surface area contributed by atoms with Gasteiger partial charge < -0.3 is 5.11 Å². The van der Waals surface area contributed by atoms with Gasteiger partial charge in [0.15, 0.2) is 0 Å². The SMILES string of the molecule is OCC#Cc1ccccc1CSc1ccccc1F. The van der Waals surface area contributed by atoms with E-state index >= 15 is 0 Å². The first kappa shape index (κ1) is 13.7. The van der Waals surface area contributed by atoms with Crippen molar-refractivity contribution in [2.45, 2.75) is 10.6 Å². The Morgan fingerprint density at radius 3 is 2.58 bits per heavy atom. The van der Waals surface area contributed by atoms with Gasteiger partial charge in [-0.05, 0) is 23.8 Å². The van der Waals surface area contributed by atoms with Crippen LogP contribution in [0, 0.1) is 17.7 Å². The van der Waals surface area contributed by atoms with E-state index in [1.165, 1.54) is 17.8 Å². The second-order valence-corrected chi connectivity index (χ2v) is 4.85. The topological polar surface area (TPSA) is 20.2 Å². The number of thioether (sulfide) groups is 1. The summed E-state index contributed by atoms with van der Waals surface area (Å²) in [5.74, 6) is 5.99. The zero-order valence-electron chi connectivity index (χ0n) is 10.3. The number of rotatable bonds is 3. The Labute approximate surface area is 116 Å². The van der Waals surface area contributed by atoms with Gasteiger partial charge in [-0.1, -0.05) is 42.2 Å². The van der Waals surface area contributed by atoms with E-state index in [2.05, 4.69) is 11.8 Å². The highest BCUT2D eigenvalue weighted by atomic mass is 32.2. The van der Waals surface area contributed by atoms with Gasteiger partial charge in [0, 0.05) is 16.2 Å². The van der Waals surface area contributed by atoms with Crippen LogP contribution in [0.25, 0.3) is 0 Å². The minimum atomic E-state index is -0.202. The highest BCUT2D eigenvalue weighted by Gasteiger charge is 2.04. The molecule has 2 aromatic rings.